The van der Waals surface area contributed by atoms with Crippen LogP contribution in [0, 0.1) is 11.8 Å². The number of nitrogens with two attached hydrogens (primary N) is 1. The van der Waals surface area contributed by atoms with Crippen LogP contribution < -0.4 is 21.3 Å². The summed E-state index contributed by atoms with van der Waals surface area (Å²) in [7, 11) is 0. The van der Waals surface area contributed by atoms with Crippen LogP contribution in [0.5, 0.6) is 5.75 Å². The van der Waals surface area contributed by atoms with Gasteiger partial charge in [-0.2, -0.15) is 0 Å². The van der Waals surface area contributed by atoms with Gasteiger partial charge >= 0.3 is 0 Å². The molecule has 2 atom stereocenters. The molecule has 0 heterocycles. The standard InChI is InChI=1S/C16H21N3O4/c1-3-4-5-10-23-13-8-6-12(7-9-13)15(20)18-14(11(2)17)16(21)19-22/h6-9,11,14,22H,3,10,17H2,1-2H3,(H,18,20)(H,19,21). The summed E-state index contributed by atoms with van der Waals surface area (Å²) in [6.07, 6.45) is 0.768. The maximum absolute atomic E-state index is 12.1. The van der Waals surface area contributed by atoms with Crippen molar-refractivity contribution < 1.29 is 19.5 Å². The Bertz CT molecular complexity index is 588. The quantitative estimate of drug-likeness (QED) is 0.345. The topological polar surface area (TPSA) is 114 Å². The van der Waals surface area contributed by atoms with E-state index in [4.69, 9.17) is 15.7 Å². The summed E-state index contributed by atoms with van der Waals surface area (Å²) in [5, 5.41) is 11.1. The Morgan fingerprint density at radius 1 is 1.30 bits per heavy atom. The molecule has 0 aliphatic rings. The number of amides is 2. The molecule has 0 saturated carbocycles. The Morgan fingerprint density at radius 3 is 2.48 bits per heavy atom. The molecule has 23 heavy (non-hydrogen) atoms. The molecule has 0 aliphatic carbocycles. The zero-order chi connectivity index (χ0) is 17.2. The van der Waals surface area contributed by atoms with Crippen LogP contribution >= 0.6 is 0 Å². The number of benzene rings is 1. The molecule has 7 nitrogen and oxygen atoms in total. The van der Waals surface area contributed by atoms with Gasteiger partial charge in [-0.3, -0.25) is 14.8 Å². The Kier molecular flexibility index (Phi) is 7.60. The monoisotopic (exact) mass is 319 g/mol. The van der Waals surface area contributed by atoms with E-state index < -0.39 is 23.9 Å². The average Bonchev–Trinajstić information content (AvgIpc) is 2.56. The summed E-state index contributed by atoms with van der Waals surface area (Å²) in [5.41, 5.74) is 7.44. The molecular weight excluding hydrogens is 298 g/mol. The fourth-order valence-corrected chi connectivity index (χ4v) is 1.73. The first-order valence-electron chi connectivity index (χ1n) is 7.18. The van der Waals surface area contributed by atoms with E-state index >= 15 is 0 Å². The van der Waals surface area contributed by atoms with Gasteiger partial charge in [-0.1, -0.05) is 12.8 Å². The van der Waals surface area contributed by atoms with Crippen LogP contribution in [0.1, 0.15) is 30.6 Å². The lowest BCUT2D eigenvalue weighted by Crippen LogP contribution is -2.54. The Morgan fingerprint density at radius 2 is 1.96 bits per heavy atom. The molecule has 124 valence electrons. The number of rotatable bonds is 6. The van der Waals surface area contributed by atoms with Gasteiger partial charge < -0.3 is 15.8 Å². The van der Waals surface area contributed by atoms with E-state index in [0.717, 1.165) is 6.42 Å². The normalized spacial score (nSPS) is 12.3. The van der Waals surface area contributed by atoms with Crippen LogP contribution in [0.25, 0.3) is 0 Å². The largest absolute Gasteiger partial charge is 0.481 e. The molecule has 1 aromatic carbocycles. The maximum Gasteiger partial charge on any atom is 0.267 e. The number of nitrogens with one attached hydrogen (secondary N) is 2. The maximum atomic E-state index is 12.1. The Hall–Kier alpha value is -2.56. The van der Waals surface area contributed by atoms with Gasteiger partial charge in [0.15, 0.2) is 0 Å². The number of carbonyl (C=O) groups is 2. The van der Waals surface area contributed by atoms with Gasteiger partial charge in [-0.05, 0) is 31.2 Å². The van der Waals surface area contributed by atoms with Crippen LogP contribution in [0.4, 0.5) is 0 Å². The molecule has 0 aromatic heterocycles. The number of hydrogen-bond donors (Lipinski definition) is 4. The minimum atomic E-state index is -1.03. The number of hydrogen-bond acceptors (Lipinski definition) is 5. The van der Waals surface area contributed by atoms with Crippen molar-refractivity contribution in [1.82, 2.24) is 10.8 Å². The van der Waals surface area contributed by atoms with Gasteiger partial charge in [0.1, 0.15) is 18.4 Å². The predicted molar refractivity (Wildman–Crippen MR) is 84.8 cm³/mol. The summed E-state index contributed by atoms with van der Waals surface area (Å²) in [5.74, 6) is 5.07. The highest BCUT2D eigenvalue weighted by molar-refractivity contribution is 5.97. The molecule has 0 fully saturated rings. The first kappa shape index (κ1) is 18.5. The average molecular weight is 319 g/mol. The molecule has 7 heteroatoms. The SMILES string of the molecule is CCC#CCOc1ccc(C(=O)NC(C(=O)NO)C(C)N)cc1. The van der Waals surface area contributed by atoms with Crippen molar-refractivity contribution in [2.45, 2.75) is 32.4 Å². The molecule has 0 saturated heterocycles. The minimum absolute atomic E-state index is 0.281. The van der Waals surface area contributed by atoms with Crippen molar-refractivity contribution in [3.8, 4) is 17.6 Å². The molecule has 0 aliphatic heterocycles. The molecule has 1 aromatic rings. The predicted octanol–water partition coefficient (Wildman–Crippen LogP) is 0.430. The van der Waals surface area contributed by atoms with Crippen molar-refractivity contribution in [2.24, 2.45) is 5.73 Å². The van der Waals surface area contributed by atoms with Crippen LogP contribution in [0.3, 0.4) is 0 Å². The Labute approximate surface area is 135 Å². The summed E-state index contributed by atoms with van der Waals surface area (Å²) in [6.45, 7) is 3.78. The van der Waals surface area contributed by atoms with Crippen molar-refractivity contribution >= 4 is 11.8 Å². The van der Waals surface area contributed by atoms with E-state index in [1.54, 1.807) is 31.2 Å². The number of carbonyl (C=O) groups excluding carboxylic acids is 2. The van der Waals surface area contributed by atoms with Crippen molar-refractivity contribution in [3.05, 3.63) is 29.8 Å². The van der Waals surface area contributed by atoms with Gasteiger partial charge in [-0.25, -0.2) is 5.48 Å². The summed E-state index contributed by atoms with van der Waals surface area (Å²) >= 11 is 0. The summed E-state index contributed by atoms with van der Waals surface area (Å²) in [6, 6.07) is 4.70. The van der Waals surface area contributed by atoms with Gasteiger partial charge in [-0.15, -0.1) is 5.92 Å². The zero-order valence-corrected chi connectivity index (χ0v) is 13.1. The minimum Gasteiger partial charge on any atom is -0.481 e. The van der Waals surface area contributed by atoms with Crippen LogP contribution in [0.2, 0.25) is 0 Å². The number of ether oxygens (including phenoxy) is 1. The molecule has 2 amide bonds. The van der Waals surface area contributed by atoms with E-state index in [0.29, 0.717) is 11.3 Å². The first-order chi connectivity index (χ1) is 11.0. The van der Waals surface area contributed by atoms with Gasteiger partial charge in [0.05, 0.1) is 0 Å². The molecule has 0 bridgehead atoms. The molecule has 5 N–H and O–H groups in total. The second-order valence-corrected chi connectivity index (χ2v) is 4.81. The van der Waals surface area contributed by atoms with E-state index in [2.05, 4.69) is 17.2 Å². The highest BCUT2D eigenvalue weighted by atomic mass is 16.5. The molecule has 2 unspecified atom stereocenters. The van der Waals surface area contributed by atoms with Crippen molar-refractivity contribution in [2.75, 3.05) is 6.61 Å². The van der Waals surface area contributed by atoms with Gasteiger partial charge in [0, 0.05) is 18.0 Å². The van der Waals surface area contributed by atoms with Gasteiger partial charge in [0.25, 0.3) is 11.8 Å². The lowest BCUT2D eigenvalue weighted by atomic mass is 10.1. The molecule has 0 spiro atoms. The van der Waals surface area contributed by atoms with Gasteiger partial charge in [0.2, 0.25) is 0 Å². The highest BCUT2D eigenvalue weighted by Gasteiger charge is 2.24. The Balaban J connectivity index is 2.67. The number of hydroxylamine groups is 1. The zero-order valence-electron chi connectivity index (χ0n) is 13.1. The second kappa shape index (κ2) is 9.46. The van der Waals surface area contributed by atoms with E-state index in [1.807, 2.05) is 6.92 Å². The third kappa shape index (κ3) is 5.98. The highest BCUT2D eigenvalue weighted by Crippen LogP contribution is 2.12. The van der Waals surface area contributed by atoms with Crippen LogP contribution in [0.15, 0.2) is 24.3 Å². The van der Waals surface area contributed by atoms with E-state index in [9.17, 15) is 9.59 Å². The molecular formula is C16H21N3O4. The van der Waals surface area contributed by atoms with Crippen molar-refractivity contribution in [1.29, 1.82) is 0 Å². The summed E-state index contributed by atoms with van der Waals surface area (Å²) in [4.78, 5) is 23.6. The fraction of sp³-hybridized carbons (Fsp3) is 0.375. The fourth-order valence-electron chi connectivity index (χ4n) is 1.73. The van der Waals surface area contributed by atoms with E-state index in [1.165, 1.54) is 5.48 Å². The van der Waals surface area contributed by atoms with Crippen LogP contribution in [-0.2, 0) is 4.79 Å². The third-order valence-corrected chi connectivity index (χ3v) is 2.93. The molecule has 0 radical (unpaired) electrons. The lowest BCUT2D eigenvalue weighted by Gasteiger charge is -2.20. The smallest absolute Gasteiger partial charge is 0.267 e. The van der Waals surface area contributed by atoms with Crippen LogP contribution in [-0.4, -0.2) is 35.7 Å². The second-order valence-electron chi connectivity index (χ2n) is 4.81. The lowest BCUT2D eigenvalue weighted by molar-refractivity contribution is -0.131. The molecule has 1 rings (SSSR count). The first-order valence-corrected chi connectivity index (χ1v) is 7.18. The summed E-state index contributed by atoms with van der Waals surface area (Å²) < 4.78 is 5.40. The third-order valence-electron chi connectivity index (χ3n) is 2.93. The van der Waals surface area contributed by atoms with Crippen molar-refractivity contribution in [3.63, 3.8) is 0 Å². The van der Waals surface area contributed by atoms with E-state index in [-0.39, 0.29) is 6.61 Å².